The molecule has 2 atom stereocenters. The summed E-state index contributed by atoms with van der Waals surface area (Å²) in [7, 11) is 2.35. The van der Waals surface area contributed by atoms with Crippen LogP contribution in [0.4, 0.5) is 11.4 Å². The molecule has 0 aliphatic heterocycles. The summed E-state index contributed by atoms with van der Waals surface area (Å²) in [4.78, 5) is 78.0. The molecule has 1 aliphatic carbocycles. The minimum Gasteiger partial charge on any atom is -0.468 e. The molecule has 0 fully saturated rings. The van der Waals surface area contributed by atoms with Crippen LogP contribution >= 0.6 is 0 Å². The Bertz CT molecular complexity index is 1360. The van der Waals surface area contributed by atoms with Crippen molar-refractivity contribution < 1.29 is 38.2 Å². The maximum Gasteiger partial charge on any atom is 0.326 e. The molecule has 0 unspecified atom stereocenters. The van der Waals surface area contributed by atoms with Gasteiger partial charge in [0.15, 0.2) is 11.6 Å². The van der Waals surface area contributed by atoms with Gasteiger partial charge in [-0.1, -0.05) is 52.0 Å². The van der Waals surface area contributed by atoms with E-state index in [9.17, 15) is 28.8 Å². The second kappa shape index (κ2) is 12.2. The molecule has 12 nitrogen and oxygen atoms in total. The van der Waals surface area contributed by atoms with Gasteiger partial charge in [-0.2, -0.15) is 0 Å². The van der Waals surface area contributed by atoms with Crippen LogP contribution in [0.2, 0.25) is 0 Å². The van der Waals surface area contributed by atoms with Crippen molar-refractivity contribution in [1.82, 2.24) is 0 Å². The third kappa shape index (κ3) is 5.81. The van der Waals surface area contributed by atoms with Gasteiger partial charge in [-0.3, -0.25) is 28.8 Å². The maximum atomic E-state index is 13.7. The van der Waals surface area contributed by atoms with Crippen molar-refractivity contribution in [3.8, 4) is 0 Å². The number of nitrogens with one attached hydrogen (secondary N) is 2. The van der Waals surface area contributed by atoms with Crippen molar-refractivity contribution in [2.45, 2.75) is 51.6 Å². The fourth-order valence-electron chi connectivity index (χ4n) is 4.77. The molecule has 0 saturated heterocycles. The second-order valence-electron chi connectivity index (χ2n) is 10.9. The van der Waals surface area contributed by atoms with Gasteiger partial charge in [0.2, 0.25) is 11.8 Å². The zero-order chi connectivity index (χ0) is 31.6. The van der Waals surface area contributed by atoms with Crippen LogP contribution in [0.1, 0.15) is 72.4 Å². The van der Waals surface area contributed by atoms with Gasteiger partial charge in [0, 0.05) is 11.1 Å². The van der Waals surface area contributed by atoms with Crippen molar-refractivity contribution in [2.24, 2.45) is 23.3 Å². The third-order valence-electron chi connectivity index (χ3n) is 7.72. The lowest BCUT2D eigenvalue weighted by Crippen LogP contribution is -2.55. The highest BCUT2D eigenvalue weighted by atomic mass is 16.5. The lowest BCUT2D eigenvalue weighted by molar-refractivity contribution is -0.151. The van der Waals surface area contributed by atoms with Gasteiger partial charge in [-0.25, -0.2) is 0 Å². The van der Waals surface area contributed by atoms with Crippen LogP contribution < -0.4 is 22.1 Å². The van der Waals surface area contributed by atoms with Crippen molar-refractivity contribution in [3.05, 3.63) is 58.7 Å². The zero-order valence-corrected chi connectivity index (χ0v) is 24.5. The lowest BCUT2D eigenvalue weighted by atomic mass is 9.81. The van der Waals surface area contributed by atoms with Crippen LogP contribution in [0.25, 0.3) is 0 Å². The average Bonchev–Trinajstić information content (AvgIpc) is 2.94. The maximum absolute atomic E-state index is 13.7. The number of methoxy groups -OCH3 is 2. The predicted octanol–water partition coefficient (Wildman–Crippen LogP) is 2.17. The Hall–Kier alpha value is -4.42. The smallest absolute Gasteiger partial charge is 0.326 e. The topological polar surface area (TPSA) is 197 Å². The summed E-state index contributed by atoms with van der Waals surface area (Å²) >= 11 is 0. The number of carbonyl (C=O) groups is 6. The highest BCUT2D eigenvalue weighted by Crippen LogP contribution is 2.36. The Morgan fingerprint density at radius 3 is 1.31 bits per heavy atom. The molecule has 3 rings (SSSR count). The molecular weight excluding hydrogens is 544 g/mol. The summed E-state index contributed by atoms with van der Waals surface area (Å²) < 4.78 is 9.56. The number of hydrogen-bond acceptors (Lipinski definition) is 10. The van der Waals surface area contributed by atoms with E-state index in [1.165, 1.54) is 50.6 Å². The predicted molar refractivity (Wildman–Crippen MR) is 154 cm³/mol. The van der Waals surface area contributed by atoms with E-state index in [1.54, 1.807) is 27.7 Å². The van der Waals surface area contributed by atoms with Crippen LogP contribution in [-0.2, 0) is 28.7 Å². The third-order valence-corrected chi connectivity index (χ3v) is 7.72. The molecule has 2 aromatic carbocycles. The molecular formula is C30H36N4O8. The Morgan fingerprint density at radius 2 is 1.02 bits per heavy atom. The summed E-state index contributed by atoms with van der Waals surface area (Å²) in [5, 5.41) is 5.23. The number of benzene rings is 2. The molecule has 0 saturated carbocycles. The summed E-state index contributed by atoms with van der Waals surface area (Å²) in [6.45, 7) is 6.71. The monoisotopic (exact) mass is 580 g/mol. The largest absolute Gasteiger partial charge is 0.468 e. The van der Waals surface area contributed by atoms with Gasteiger partial charge in [0.25, 0.3) is 0 Å². The van der Waals surface area contributed by atoms with Crippen molar-refractivity contribution >= 4 is 46.7 Å². The standard InChI is InChI=1S/C30H36N4O8/c1-15(2)29(31,27(39)41-5)13-21(35)33-19-11-7-9-17-23(19)25(37)18-10-8-12-20(24(18)26(17)38)34-22(36)14-30(32,16(3)4)28(40)42-6/h7-12,15-16H,13-14,31-32H2,1-6H3,(H,33,35)(H,34,36)/t29-,30-/m1/s1. The van der Waals surface area contributed by atoms with E-state index in [-0.39, 0.29) is 33.6 Å². The SMILES string of the molecule is COC(=O)[C@@](N)(CC(=O)Nc1cccc2c1C(=O)c1cccc(NC(=O)C[C@](N)(C(=O)OC)C(C)C)c1C2=O)C(C)C. The van der Waals surface area contributed by atoms with Gasteiger partial charge < -0.3 is 31.6 Å². The molecule has 0 spiro atoms. The highest BCUT2D eigenvalue weighted by Gasteiger charge is 2.43. The van der Waals surface area contributed by atoms with Gasteiger partial charge in [-0.15, -0.1) is 0 Å². The Kier molecular flexibility index (Phi) is 9.33. The number of hydrogen-bond donors (Lipinski definition) is 4. The summed E-state index contributed by atoms with van der Waals surface area (Å²) in [6.07, 6.45) is -0.860. The fraction of sp³-hybridized carbons (Fsp3) is 0.400. The van der Waals surface area contributed by atoms with E-state index in [4.69, 9.17) is 20.9 Å². The number of ketones is 2. The number of rotatable bonds is 10. The van der Waals surface area contributed by atoms with Gasteiger partial charge in [0.1, 0.15) is 11.1 Å². The molecule has 12 heteroatoms. The molecule has 0 bridgehead atoms. The normalized spacial score (nSPS) is 15.2. The second-order valence-corrected chi connectivity index (χ2v) is 10.9. The Balaban J connectivity index is 1.94. The highest BCUT2D eigenvalue weighted by molar-refractivity contribution is 6.32. The first-order valence-corrected chi connectivity index (χ1v) is 13.3. The number of esters is 2. The summed E-state index contributed by atoms with van der Waals surface area (Å²) in [5.41, 5.74) is 9.26. The van der Waals surface area contributed by atoms with Crippen molar-refractivity contribution in [1.29, 1.82) is 0 Å². The van der Waals surface area contributed by atoms with Gasteiger partial charge >= 0.3 is 11.9 Å². The molecule has 224 valence electrons. The van der Waals surface area contributed by atoms with Crippen LogP contribution in [0.15, 0.2) is 36.4 Å². The molecule has 2 amide bonds. The molecule has 2 aromatic rings. The molecule has 0 aromatic heterocycles. The van der Waals surface area contributed by atoms with E-state index in [0.29, 0.717) is 0 Å². The van der Waals surface area contributed by atoms with Gasteiger partial charge in [-0.05, 0) is 24.0 Å². The van der Waals surface area contributed by atoms with Crippen LogP contribution in [0.5, 0.6) is 0 Å². The minimum atomic E-state index is -1.61. The number of amides is 2. The van der Waals surface area contributed by atoms with E-state index >= 15 is 0 Å². The Morgan fingerprint density at radius 1 is 0.690 bits per heavy atom. The van der Waals surface area contributed by atoms with Crippen molar-refractivity contribution in [2.75, 3.05) is 24.9 Å². The fourth-order valence-corrected chi connectivity index (χ4v) is 4.77. The number of fused-ring (bicyclic) bond motifs is 2. The van der Waals surface area contributed by atoms with Gasteiger partial charge in [0.05, 0.1) is 49.6 Å². The lowest BCUT2D eigenvalue weighted by Gasteiger charge is -2.30. The first-order valence-electron chi connectivity index (χ1n) is 13.3. The molecule has 0 heterocycles. The van der Waals surface area contributed by atoms with E-state index in [0.717, 1.165) is 0 Å². The Labute approximate surface area is 243 Å². The molecule has 1 aliphatic rings. The van der Waals surface area contributed by atoms with Crippen LogP contribution in [-0.4, -0.2) is 60.6 Å². The first-order chi connectivity index (χ1) is 19.6. The van der Waals surface area contributed by atoms with Crippen LogP contribution in [0, 0.1) is 11.8 Å². The average molecular weight is 581 g/mol. The number of carbonyl (C=O) groups excluding carboxylic acids is 6. The van der Waals surface area contributed by atoms with Crippen LogP contribution in [0.3, 0.4) is 0 Å². The minimum absolute atomic E-state index is 0.00718. The molecule has 0 radical (unpaired) electrons. The molecule has 6 N–H and O–H groups in total. The molecule has 42 heavy (non-hydrogen) atoms. The summed E-state index contributed by atoms with van der Waals surface area (Å²) in [6, 6.07) is 8.78. The van der Waals surface area contributed by atoms with E-state index < -0.39 is 71.1 Å². The zero-order valence-electron chi connectivity index (χ0n) is 24.5. The van der Waals surface area contributed by atoms with Crippen molar-refractivity contribution in [3.63, 3.8) is 0 Å². The summed E-state index contributed by atoms with van der Waals surface area (Å²) in [5.74, 6) is -4.84. The number of anilines is 2. The first kappa shape index (κ1) is 32.1. The quantitative estimate of drug-likeness (QED) is 0.258. The van der Waals surface area contributed by atoms with E-state index in [1.807, 2.05) is 0 Å². The number of nitrogens with two attached hydrogens (primary N) is 2. The number of ether oxygens (including phenoxy) is 2. The van der Waals surface area contributed by atoms with E-state index in [2.05, 4.69) is 10.6 Å².